The minimum atomic E-state index is 0.450. The number of H-pyrrole nitrogens is 1. The van der Waals surface area contributed by atoms with Crippen molar-refractivity contribution < 1.29 is 0 Å². The molecule has 0 aliphatic rings. The highest BCUT2D eigenvalue weighted by Crippen LogP contribution is 2.35. The third-order valence-corrected chi connectivity index (χ3v) is 3.26. The first kappa shape index (κ1) is 11.4. The van der Waals surface area contributed by atoms with Gasteiger partial charge in [-0.2, -0.15) is 0 Å². The van der Waals surface area contributed by atoms with Gasteiger partial charge in [0, 0.05) is 10.9 Å². The fraction of sp³-hybridized carbons (Fsp3) is 0.0625. The number of anilines is 1. The molecule has 0 amide bonds. The van der Waals surface area contributed by atoms with Crippen LogP contribution in [0.25, 0.3) is 15.7 Å². The van der Waals surface area contributed by atoms with Crippen LogP contribution in [0.3, 0.4) is 0 Å². The molecule has 0 fully saturated rings. The average molecular weight is 247 g/mol. The number of nitrogens with zero attached hydrogens (tertiary/aromatic N) is 1. The Morgan fingerprint density at radius 1 is 1.05 bits per heavy atom. The van der Waals surface area contributed by atoms with Gasteiger partial charge in [0.1, 0.15) is 5.82 Å². The predicted octanol–water partition coefficient (Wildman–Crippen LogP) is 3.89. The molecule has 92 valence electrons. The first-order valence-electron chi connectivity index (χ1n) is 6.10. The van der Waals surface area contributed by atoms with Gasteiger partial charge in [0.15, 0.2) is 0 Å². The van der Waals surface area contributed by atoms with Crippen LogP contribution in [0.1, 0.15) is 11.1 Å². The van der Waals surface area contributed by atoms with Gasteiger partial charge in [-0.05, 0) is 23.6 Å². The molecule has 0 saturated carbocycles. The van der Waals surface area contributed by atoms with Crippen LogP contribution in [0.4, 0.5) is 11.5 Å². The summed E-state index contributed by atoms with van der Waals surface area (Å²) >= 11 is 0. The third-order valence-electron chi connectivity index (χ3n) is 3.26. The summed E-state index contributed by atoms with van der Waals surface area (Å²) in [5.41, 5.74) is 9.67. The van der Waals surface area contributed by atoms with E-state index in [0.29, 0.717) is 11.5 Å². The normalized spacial score (nSPS) is 10.5. The highest BCUT2D eigenvalue weighted by atomic mass is 14.9. The maximum Gasteiger partial charge on any atom is 0.235 e. The summed E-state index contributed by atoms with van der Waals surface area (Å²) in [5.74, 6) is 0.450. The molecule has 0 aliphatic carbocycles. The molecule has 0 atom stereocenters. The predicted molar refractivity (Wildman–Crippen MR) is 78.2 cm³/mol. The second-order valence-electron chi connectivity index (χ2n) is 4.50. The van der Waals surface area contributed by atoms with Crippen LogP contribution in [0.2, 0.25) is 0 Å². The molecule has 1 aromatic heterocycles. The van der Waals surface area contributed by atoms with E-state index in [1.807, 2.05) is 30.3 Å². The van der Waals surface area contributed by atoms with Crippen molar-refractivity contribution in [2.45, 2.75) is 6.42 Å². The monoisotopic (exact) mass is 247 g/mol. The van der Waals surface area contributed by atoms with Gasteiger partial charge in [-0.15, -0.1) is 0 Å². The zero-order valence-corrected chi connectivity index (χ0v) is 10.4. The summed E-state index contributed by atoms with van der Waals surface area (Å²) < 4.78 is 0. The quantitative estimate of drug-likeness (QED) is 0.663. The molecule has 3 heteroatoms. The molecule has 2 aromatic carbocycles. The van der Waals surface area contributed by atoms with Crippen molar-refractivity contribution in [2.24, 2.45) is 0 Å². The Balaban J connectivity index is 2.17. The Labute approximate surface area is 111 Å². The molecule has 0 bridgehead atoms. The van der Waals surface area contributed by atoms with E-state index in [1.54, 1.807) is 0 Å². The number of aromatic amines is 1. The lowest BCUT2D eigenvalue weighted by Gasteiger charge is -2.04. The molecule has 3 nitrogen and oxygen atoms in total. The number of nitrogen functional groups attached to an aromatic ring is 1. The highest BCUT2D eigenvalue weighted by molar-refractivity contribution is 6.01. The maximum atomic E-state index is 7.28. The highest BCUT2D eigenvalue weighted by Gasteiger charge is 2.12. The van der Waals surface area contributed by atoms with E-state index in [0.717, 1.165) is 22.9 Å². The fourth-order valence-corrected chi connectivity index (χ4v) is 2.40. The van der Waals surface area contributed by atoms with Crippen molar-refractivity contribution in [1.82, 2.24) is 4.98 Å². The Bertz CT molecular complexity index is 764. The topological polar surface area (TPSA) is 46.2 Å². The molecule has 3 rings (SSSR count). The van der Waals surface area contributed by atoms with Crippen LogP contribution in [0.5, 0.6) is 0 Å². The molecule has 3 aromatic rings. The van der Waals surface area contributed by atoms with E-state index in [4.69, 9.17) is 12.3 Å². The smallest absolute Gasteiger partial charge is 0.235 e. The Kier molecular flexibility index (Phi) is 2.70. The molecular formula is C16H13N3. The first-order valence-corrected chi connectivity index (χ1v) is 6.10. The van der Waals surface area contributed by atoms with Crippen LogP contribution in [0, 0.1) is 6.57 Å². The van der Waals surface area contributed by atoms with E-state index < -0.39 is 0 Å². The van der Waals surface area contributed by atoms with Crippen molar-refractivity contribution in [2.75, 3.05) is 5.73 Å². The Morgan fingerprint density at radius 2 is 1.84 bits per heavy atom. The van der Waals surface area contributed by atoms with Crippen LogP contribution in [-0.4, -0.2) is 4.98 Å². The summed E-state index contributed by atoms with van der Waals surface area (Å²) in [4.78, 5) is 6.62. The summed E-state index contributed by atoms with van der Waals surface area (Å²) in [6, 6.07) is 16.2. The van der Waals surface area contributed by atoms with Gasteiger partial charge in [-0.1, -0.05) is 42.5 Å². The molecule has 0 aliphatic heterocycles. The summed E-state index contributed by atoms with van der Waals surface area (Å²) in [6.07, 6.45) is 0.804. The number of nitrogens with two attached hydrogens (primary N) is 1. The fourth-order valence-electron chi connectivity index (χ4n) is 2.40. The van der Waals surface area contributed by atoms with Gasteiger partial charge in [0.25, 0.3) is 0 Å². The van der Waals surface area contributed by atoms with Crippen molar-refractivity contribution in [3.63, 3.8) is 0 Å². The van der Waals surface area contributed by atoms with Gasteiger partial charge in [-0.3, -0.25) is 0 Å². The zero-order chi connectivity index (χ0) is 13.2. The largest absolute Gasteiger partial charge is 0.394 e. The van der Waals surface area contributed by atoms with Crippen molar-refractivity contribution in [3.8, 4) is 0 Å². The number of fused-ring (bicyclic) bond motifs is 1. The lowest BCUT2D eigenvalue weighted by atomic mass is 10.0. The number of rotatable bonds is 2. The average Bonchev–Trinajstić information content (AvgIpc) is 2.76. The van der Waals surface area contributed by atoms with Crippen LogP contribution in [0.15, 0.2) is 48.5 Å². The number of aromatic nitrogens is 1. The van der Waals surface area contributed by atoms with Gasteiger partial charge >= 0.3 is 0 Å². The van der Waals surface area contributed by atoms with Crippen molar-refractivity contribution in [1.29, 1.82) is 0 Å². The first-order chi connectivity index (χ1) is 9.29. The van der Waals surface area contributed by atoms with Crippen LogP contribution in [-0.2, 0) is 6.42 Å². The molecular weight excluding hydrogens is 234 g/mol. The molecule has 19 heavy (non-hydrogen) atoms. The maximum absolute atomic E-state index is 7.28. The van der Waals surface area contributed by atoms with Gasteiger partial charge in [0.2, 0.25) is 5.69 Å². The second-order valence-corrected chi connectivity index (χ2v) is 4.50. The summed E-state index contributed by atoms with van der Waals surface area (Å²) in [5, 5.41) is 0.943. The lowest BCUT2D eigenvalue weighted by Crippen LogP contribution is -1.88. The summed E-state index contributed by atoms with van der Waals surface area (Å²) in [6.45, 7) is 7.28. The van der Waals surface area contributed by atoms with Crippen molar-refractivity contribution >= 4 is 22.4 Å². The third kappa shape index (κ3) is 1.94. The van der Waals surface area contributed by atoms with E-state index >= 15 is 0 Å². The Hall–Kier alpha value is -2.73. The number of hydrogen-bond donors (Lipinski definition) is 2. The molecule has 0 radical (unpaired) electrons. The van der Waals surface area contributed by atoms with Crippen molar-refractivity contribution in [3.05, 3.63) is 71.1 Å². The summed E-state index contributed by atoms with van der Waals surface area (Å²) in [7, 11) is 0. The van der Waals surface area contributed by atoms with E-state index in [2.05, 4.69) is 28.0 Å². The van der Waals surface area contributed by atoms with E-state index in [-0.39, 0.29) is 0 Å². The minimum absolute atomic E-state index is 0.450. The van der Waals surface area contributed by atoms with Gasteiger partial charge < -0.3 is 10.7 Å². The molecule has 1 heterocycles. The zero-order valence-electron chi connectivity index (χ0n) is 10.4. The minimum Gasteiger partial charge on any atom is -0.394 e. The number of hydrogen-bond acceptors (Lipinski definition) is 1. The lowest BCUT2D eigenvalue weighted by molar-refractivity contribution is 1.22. The SMILES string of the molecule is [C-]#[N+]c1c(N)[nH]c2cccc(Cc3ccccc3)c12. The number of benzene rings is 2. The molecule has 0 spiro atoms. The molecule has 3 N–H and O–H groups in total. The Morgan fingerprint density at radius 3 is 2.58 bits per heavy atom. The molecule has 0 unspecified atom stereocenters. The van der Waals surface area contributed by atoms with E-state index in [9.17, 15) is 0 Å². The second kappa shape index (κ2) is 4.51. The van der Waals surface area contributed by atoms with Crippen LogP contribution < -0.4 is 5.73 Å². The standard InChI is InChI=1S/C16H13N3/c1-18-15-14-12(10-11-6-3-2-4-7-11)8-5-9-13(14)19-16(15)17/h2-9,19H,10,17H2. The van der Waals surface area contributed by atoms with Gasteiger partial charge in [-0.25, -0.2) is 4.85 Å². The van der Waals surface area contributed by atoms with Gasteiger partial charge in [0.05, 0.1) is 6.57 Å². The van der Waals surface area contributed by atoms with Crippen LogP contribution >= 0.6 is 0 Å². The molecule has 0 saturated heterocycles. The van der Waals surface area contributed by atoms with E-state index in [1.165, 1.54) is 5.56 Å². The number of nitrogens with one attached hydrogen (secondary N) is 1.